The Balaban J connectivity index is 1.60. The molecule has 31 heavy (non-hydrogen) atoms. The molecule has 160 valence electrons. The van der Waals surface area contributed by atoms with E-state index in [-0.39, 0.29) is 5.69 Å². The van der Waals surface area contributed by atoms with E-state index >= 15 is 0 Å². The van der Waals surface area contributed by atoms with E-state index in [9.17, 15) is 13.6 Å². The number of hydrogen-bond donors (Lipinski definition) is 1. The fourth-order valence-electron chi connectivity index (χ4n) is 3.54. The summed E-state index contributed by atoms with van der Waals surface area (Å²) >= 11 is 0. The van der Waals surface area contributed by atoms with Gasteiger partial charge in [0.2, 0.25) is 0 Å². The van der Waals surface area contributed by atoms with Crippen molar-refractivity contribution in [2.75, 3.05) is 23.3 Å². The molecular weight excluding hydrogens is 404 g/mol. The molecule has 0 atom stereocenters. The van der Waals surface area contributed by atoms with E-state index in [0.29, 0.717) is 12.4 Å². The number of halogens is 2. The number of aryl methyl sites for hydroxylation is 2. The van der Waals surface area contributed by atoms with Gasteiger partial charge in [0.25, 0.3) is 5.91 Å². The van der Waals surface area contributed by atoms with Crippen molar-refractivity contribution in [2.24, 2.45) is 7.05 Å². The van der Waals surface area contributed by atoms with Crippen LogP contribution in [-0.4, -0.2) is 43.7 Å². The molecular formula is C21H21F2N7O. The number of amides is 1. The Morgan fingerprint density at radius 2 is 1.94 bits per heavy atom. The highest BCUT2D eigenvalue weighted by atomic mass is 19.1. The summed E-state index contributed by atoms with van der Waals surface area (Å²) in [5.41, 5.74) is 2.48. The quantitative estimate of drug-likeness (QED) is 0.691. The Morgan fingerprint density at radius 3 is 2.65 bits per heavy atom. The van der Waals surface area contributed by atoms with Crippen molar-refractivity contribution in [2.45, 2.75) is 20.3 Å². The second kappa shape index (κ2) is 8.21. The zero-order valence-electron chi connectivity index (χ0n) is 17.4. The van der Waals surface area contributed by atoms with Gasteiger partial charge >= 0.3 is 0 Å². The van der Waals surface area contributed by atoms with Crippen LogP contribution in [0.25, 0.3) is 5.57 Å². The lowest BCUT2D eigenvalue weighted by molar-refractivity contribution is 0.102. The van der Waals surface area contributed by atoms with Crippen LogP contribution in [0.5, 0.6) is 0 Å². The molecule has 1 aliphatic rings. The molecule has 0 aromatic carbocycles. The Morgan fingerprint density at radius 1 is 1.19 bits per heavy atom. The van der Waals surface area contributed by atoms with Crippen LogP contribution >= 0.6 is 0 Å². The molecule has 0 radical (unpaired) electrons. The van der Waals surface area contributed by atoms with E-state index in [1.54, 1.807) is 24.0 Å². The SMILES string of the molecule is CC1=C(c2cc(C(=O)Nc3c(F)cncc3F)nn2C)CN(c2ccnc(C)n2)CC1. The summed E-state index contributed by atoms with van der Waals surface area (Å²) in [7, 11) is 1.73. The number of anilines is 2. The van der Waals surface area contributed by atoms with E-state index in [1.807, 2.05) is 19.9 Å². The van der Waals surface area contributed by atoms with Gasteiger partial charge in [-0.15, -0.1) is 0 Å². The van der Waals surface area contributed by atoms with E-state index in [2.05, 4.69) is 30.3 Å². The van der Waals surface area contributed by atoms with Crippen molar-refractivity contribution in [1.29, 1.82) is 0 Å². The third-order valence-electron chi connectivity index (χ3n) is 5.22. The minimum atomic E-state index is -0.953. The summed E-state index contributed by atoms with van der Waals surface area (Å²) in [5, 5.41) is 6.50. The smallest absolute Gasteiger partial charge is 0.276 e. The van der Waals surface area contributed by atoms with Crippen LogP contribution in [0.1, 0.15) is 35.4 Å². The lowest BCUT2D eigenvalue weighted by atomic mass is 9.98. The molecule has 1 N–H and O–H groups in total. The zero-order valence-corrected chi connectivity index (χ0v) is 17.4. The first kappa shape index (κ1) is 20.6. The highest BCUT2D eigenvalue weighted by Crippen LogP contribution is 2.29. The molecule has 0 spiro atoms. The van der Waals surface area contributed by atoms with E-state index in [1.165, 1.54) is 5.57 Å². The van der Waals surface area contributed by atoms with Crippen LogP contribution in [0, 0.1) is 18.6 Å². The van der Waals surface area contributed by atoms with Gasteiger partial charge in [0.05, 0.1) is 18.1 Å². The van der Waals surface area contributed by atoms with Gasteiger partial charge < -0.3 is 10.2 Å². The highest BCUT2D eigenvalue weighted by molar-refractivity contribution is 6.03. The average molecular weight is 425 g/mol. The normalized spacial score (nSPS) is 14.2. The van der Waals surface area contributed by atoms with Gasteiger partial charge in [-0.2, -0.15) is 5.10 Å². The first-order chi connectivity index (χ1) is 14.8. The molecule has 1 amide bonds. The summed E-state index contributed by atoms with van der Waals surface area (Å²) in [6.45, 7) is 5.30. The van der Waals surface area contributed by atoms with Crippen LogP contribution in [-0.2, 0) is 7.05 Å². The predicted molar refractivity (Wildman–Crippen MR) is 112 cm³/mol. The molecule has 4 rings (SSSR count). The van der Waals surface area contributed by atoms with Crippen LogP contribution in [0.15, 0.2) is 36.3 Å². The van der Waals surface area contributed by atoms with Crippen molar-refractivity contribution in [3.05, 3.63) is 65.1 Å². The minimum absolute atomic E-state index is 0.0587. The minimum Gasteiger partial charge on any atom is -0.352 e. The summed E-state index contributed by atoms with van der Waals surface area (Å²) in [6.07, 6.45) is 4.23. The van der Waals surface area contributed by atoms with Gasteiger partial charge in [0, 0.05) is 26.3 Å². The second-order valence-electron chi connectivity index (χ2n) is 7.36. The predicted octanol–water partition coefficient (Wildman–Crippen LogP) is 3.13. The highest BCUT2D eigenvalue weighted by Gasteiger charge is 2.24. The third kappa shape index (κ3) is 4.14. The first-order valence-corrected chi connectivity index (χ1v) is 9.71. The third-order valence-corrected chi connectivity index (χ3v) is 5.22. The molecule has 0 aliphatic carbocycles. The molecule has 0 saturated carbocycles. The Labute approximate surface area is 177 Å². The molecule has 0 unspecified atom stereocenters. The lowest BCUT2D eigenvalue weighted by Gasteiger charge is -2.31. The summed E-state index contributed by atoms with van der Waals surface area (Å²) in [4.78, 5) is 26.8. The molecule has 0 saturated heterocycles. The fourth-order valence-corrected chi connectivity index (χ4v) is 3.54. The van der Waals surface area contributed by atoms with Crippen molar-refractivity contribution in [1.82, 2.24) is 24.7 Å². The number of carbonyl (C=O) groups is 1. The van der Waals surface area contributed by atoms with Crippen molar-refractivity contribution in [3.8, 4) is 0 Å². The van der Waals surface area contributed by atoms with E-state index in [4.69, 9.17) is 0 Å². The maximum atomic E-state index is 13.8. The van der Waals surface area contributed by atoms with Crippen molar-refractivity contribution in [3.63, 3.8) is 0 Å². The monoisotopic (exact) mass is 425 g/mol. The summed E-state index contributed by atoms with van der Waals surface area (Å²) < 4.78 is 29.2. The number of carbonyl (C=O) groups excluding carboxylic acids is 1. The van der Waals surface area contributed by atoms with Gasteiger partial charge in [0.15, 0.2) is 17.3 Å². The van der Waals surface area contributed by atoms with Gasteiger partial charge in [0.1, 0.15) is 17.3 Å². The zero-order chi connectivity index (χ0) is 22.1. The molecule has 3 aromatic rings. The van der Waals surface area contributed by atoms with Gasteiger partial charge in [-0.3, -0.25) is 14.5 Å². The largest absolute Gasteiger partial charge is 0.352 e. The number of pyridine rings is 1. The Kier molecular flexibility index (Phi) is 5.45. The van der Waals surface area contributed by atoms with Gasteiger partial charge in [-0.05, 0) is 38.0 Å². The Hall–Kier alpha value is -3.69. The van der Waals surface area contributed by atoms with Gasteiger partial charge in [-0.25, -0.2) is 18.7 Å². The van der Waals surface area contributed by atoms with E-state index in [0.717, 1.165) is 42.4 Å². The number of nitrogens with one attached hydrogen (secondary N) is 1. The standard InChI is InChI=1S/C21H21F2N7O/c1-12-5-7-30(19-4-6-25-13(2)26-19)11-14(12)18-8-17(28-29(18)3)21(31)27-20-15(22)9-24-10-16(20)23/h4,6,8-10H,5,7,11H2,1-3H3,(H,24,27,31). The fraction of sp³-hybridized carbons (Fsp3) is 0.286. The van der Waals surface area contributed by atoms with Crippen LogP contribution in [0.4, 0.5) is 20.3 Å². The molecule has 3 aromatic heterocycles. The second-order valence-corrected chi connectivity index (χ2v) is 7.36. The number of aromatic nitrogens is 5. The molecule has 8 nitrogen and oxygen atoms in total. The average Bonchev–Trinajstić information content (AvgIpc) is 3.12. The van der Waals surface area contributed by atoms with Crippen LogP contribution in [0.3, 0.4) is 0 Å². The van der Waals surface area contributed by atoms with E-state index < -0.39 is 23.2 Å². The van der Waals surface area contributed by atoms with Crippen molar-refractivity contribution >= 4 is 23.0 Å². The molecule has 0 fully saturated rings. The lowest BCUT2D eigenvalue weighted by Crippen LogP contribution is -2.32. The topological polar surface area (TPSA) is 88.8 Å². The summed E-state index contributed by atoms with van der Waals surface area (Å²) in [6, 6.07) is 3.49. The molecule has 0 bridgehead atoms. The molecule has 1 aliphatic heterocycles. The van der Waals surface area contributed by atoms with Crippen LogP contribution < -0.4 is 10.2 Å². The van der Waals surface area contributed by atoms with Crippen LogP contribution in [0.2, 0.25) is 0 Å². The maximum absolute atomic E-state index is 13.8. The van der Waals surface area contributed by atoms with Crippen molar-refractivity contribution < 1.29 is 13.6 Å². The summed E-state index contributed by atoms with van der Waals surface area (Å²) in [5.74, 6) is -1.08. The first-order valence-electron chi connectivity index (χ1n) is 9.71. The number of hydrogen-bond acceptors (Lipinski definition) is 6. The number of nitrogens with zero attached hydrogens (tertiary/aromatic N) is 6. The molecule has 10 heteroatoms. The van der Waals surface area contributed by atoms with Gasteiger partial charge in [-0.1, -0.05) is 5.57 Å². The number of rotatable bonds is 4. The molecule has 4 heterocycles. The maximum Gasteiger partial charge on any atom is 0.276 e. The Bertz CT molecular complexity index is 1170.